The lowest BCUT2D eigenvalue weighted by molar-refractivity contribution is 0.136. The van der Waals surface area contributed by atoms with E-state index in [4.69, 9.17) is 25.7 Å². The van der Waals surface area contributed by atoms with Gasteiger partial charge in [-0.15, -0.1) is 11.8 Å². The number of rotatable bonds is 9. The predicted molar refractivity (Wildman–Crippen MR) is 103 cm³/mol. The molecule has 1 amide bonds. The van der Waals surface area contributed by atoms with E-state index in [1.54, 1.807) is 18.0 Å². The number of hydrogen-bond acceptors (Lipinski definition) is 8. The molecule has 0 atom stereocenters. The summed E-state index contributed by atoms with van der Waals surface area (Å²) >= 11 is 8.11. The van der Waals surface area contributed by atoms with E-state index in [1.807, 2.05) is 34.0 Å². The fourth-order valence-corrected chi connectivity index (χ4v) is 5.86. The molecule has 0 aromatic rings. The van der Waals surface area contributed by atoms with Crippen molar-refractivity contribution in [2.24, 2.45) is 5.16 Å². The van der Waals surface area contributed by atoms with Gasteiger partial charge in [-0.25, -0.2) is 9.10 Å². The Kier molecular flexibility index (Phi) is 11.8. The highest BCUT2D eigenvalue weighted by atomic mass is 32.5. The van der Waals surface area contributed by atoms with Crippen molar-refractivity contribution in [2.75, 3.05) is 26.5 Å². The van der Waals surface area contributed by atoms with Crippen molar-refractivity contribution >= 4 is 53.5 Å². The lowest BCUT2D eigenvalue weighted by Crippen LogP contribution is -2.30. The molecule has 0 spiro atoms. The van der Waals surface area contributed by atoms with Crippen LogP contribution in [0.5, 0.6) is 0 Å². The van der Waals surface area contributed by atoms with E-state index in [0.29, 0.717) is 18.3 Å². The third-order valence-corrected chi connectivity index (χ3v) is 8.38. The van der Waals surface area contributed by atoms with Gasteiger partial charge in [0.25, 0.3) is 6.64 Å². The summed E-state index contributed by atoms with van der Waals surface area (Å²) < 4.78 is 14.5. The van der Waals surface area contributed by atoms with E-state index in [-0.39, 0.29) is 6.04 Å². The van der Waals surface area contributed by atoms with Crippen molar-refractivity contribution in [1.82, 2.24) is 8.38 Å². The Labute approximate surface area is 152 Å². The van der Waals surface area contributed by atoms with Crippen LogP contribution >= 0.6 is 30.5 Å². The maximum Gasteiger partial charge on any atom is 0.446 e. The minimum atomic E-state index is -2.68. The zero-order valence-electron chi connectivity index (χ0n) is 14.6. The third kappa shape index (κ3) is 8.20. The molecule has 23 heavy (non-hydrogen) atoms. The molecule has 136 valence electrons. The molecule has 0 aliphatic carbocycles. The molecule has 0 aromatic carbocycles. The van der Waals surface area contributed by atoms with Gasteiger partial charge in [-0.05, 0) is 52.7 Å². The maximum absolute atomic E-state index is 12.0. The fourth-order valence-electron chi connectivity index (χ4n) is 1.26. The third-order valence-electron chi connectivity index (χ3n) is 2.28. The lowest BCUT2D eigenvalue weighted by Gasteiger charge is -2.35. The van der Waals surface area contributed by atoms with Gasteiger partial charge in [0.05, 0.1) is 25.3 Å². The number of nitrogens with zero attached hydrogens (tertiary/aromatic N) is 3. The van der Waals surface area contributed by atoms with E-state index in [0.717, 1.165) is 12.1 Å². The first-order chi connectivity index (χ1) is 10.7. The number of carbonyl (C=O) groups excluding carboxylic acids is 1. The zero-order chi connectivity index (χ0) is 18.0. The molecule has 0 rings (SSSR count). The van der Waals surface area contributed by atoms with Crippen LogP contribution in [0.4, 0.5) is 4.79 Å². The van der Waals surface area contributed by atoms with Crippen LogP contribution in [-0.4, -0.2) is 52.1 Å². The number of amides is 1. The van der Waals surface area contributed by atoms with Gasteiger partial charge >= 0.3 is 6.09 Å². The Balaban J connectivity index is 5.05. The molecule has 0 unspecified atom stereocenters. The summed E-state index contributed by atoms with van der Waals surface area (Å²) in [6.45, 7) is 7.59. The molecule has 0 saturated heterocycles. The van der Waals surface area contributed by atoms with Crippen molar-refractivity contribution in [3.05, 3.63) is 0 Å². The summed E-state index contributed by atoms with van der Waals surface area (Å²) in [7, 11) is 1.59. The van der Waals surface area contributed by atoms with Crippen LogP contribution in [0.1, 0.15) is 34.6 Å². The SMILES string of the molecule is CCOP(=S)(OCC)N(SN(C)C(=O)O/N=C(\C)SC)C(C)C. The summed E-state index contributed by atoms with van der Waals surface area (Å²) in [5.74, 6) is 0. The second-order valence-electron chi connectivity index (χ2n) is 4.45. The monoisotopic (exact) mass is 403 g/mol. The predicted octanol–water partition coefficient (Wildman–Crippen LogP) is 4.32. The normalized spacial score (nSPS) is 12.8. The smallest absolute Gasteiger partial charge is 0.318 e. The standard InChI is InChI=1S/C12H26N3O4PS3/c1-8-17-20(21,18-9-2)15(10(3)4)23-14(6)12(16)19-13-11(5)22-7/h10H,8-9H2,1-7H3/b13-11+. The first-order valence-corrected chi connectivity index (χ1v) is 11.7. The Morgan fingerprint density at radius 2 is 1.83 bits per heavy atom. The first-order valence-electron chi connectivity index (χ1n) is 7.11. The Morgan fingerprint density at radius 1 is 1.30 bits per heavy atom. The van der Waals surface area contributed by atoms with Crippen LogP contribution in [0.3, 0.4) is 0 Å². The average Bonchev–Trinajstić information content (AvgIpc) is 2.49. The van der Waals surface area contributed by atoms with Crippen molar-refractivity contribution in [1.29, 1.82) is 0 Å². The number of thioether (sulfide) groups is 1. The highest BCUT2D eigenvalue weighted by Gasteiger charge is 2.34. The molecule has 0 fully saturated rings. The maximum atomic E-state index is 12.0. The molecule has 0 radical (unpaired) electrons. The Morgan fingerprint density at radius 3 is 2.22 bits per heavy atom. The van der Waals surface area contributed by atoms with Gasteiger partial charge < -0.3 is 9.05 Å². The van der Waals surface area contributed by atoms with Crippen molar-refractivity contribution < 1.29 is 18.7 Å². The molecular formula is C12H26N3O4PS3. The van der Waals surface area contributed by atoms with Crippen molar-refractivity contribution in [3.8, 4) is 0 Å². The minimum absolute atomic E-state index is 0.00983. The van der Waals surface area contributed by atoms with Crippen LogP contribution in [0, 0.1) is 0 Å². The molecule has 0 aliphatic heterocycles. The largest absolute Gasteiger partial charge is 0.446 e. The summed E-state index contributed by atoms with van der Waals surface area (Å²) in [4.78, 5) is 16.9. The number of carbonyl (C=O) groups is 1. The highest BCUT2D eigenvalue weighted by Crippen LogP contribution is 2.57. The quantitative estimate of drug-likeness (QED) is 0.141. The molecule has 0 aliphatic rings. The van der Waals surface area contributed by atoms with E-state index < -0.39 is 12.7 Å². The molecule has 0 heterocycles. The van der Waals surface area contributed by atoms with E-state index in [9.17, 15) is 4.79 Å². The van der Waals surface area contributed by atoms with Gasteiger partial charge in [-0.2, -0.15) is 4.08 Å². The second kappa shape index (κ2) is 11.7. The van der Waals surface area contributed by atoms with E-state index in [2.05, 4.69) is 5.16 Å². The van der Waals surface area contributed by atoms with Gasteiger partial charge in [0, 0.05) is 13.1 Å². The van der Waals surface area contributed by atoms with Crippen LogP contribution in [-0.2, 0) is 25.7 Å². The summed E-state index contributed by atoms with van der Waals surface area (Å²) in [6, 6.07) is 0.00983. The van der Waals surface area contributed by atoms with Crippen LogP contribution in [0.25, 0.3) is 0 Å². The van der Waals surface area contributed by atoms with Crippen LogP contribution < -0.4 is 0 Å². The fraction of sp³-hybridized carbons (Fsp3) is 0.833. The van der Waals surface area contributed by atoms with Gasteiger partial charge in [0.15, 0.2) is 0 Å². The summed E-state index contributed by atoms with van der Waals surface area (Å²) in [6.07, 6.45) is 1.26. The average molecular weight is 404 g/mol. The van der Waals surface area contributed by atoms with Crippen LogP contribution in [0.2, 0.25) is 0 Å². The lowest BCUT2D eigenvalue weighted by atomic mass is 10.4. The highest BCUT2D eigenvalue weighted by molar-refractivity contribution is 8.15. The van der Waals surface area contributed by atoms with Crippen molar-refractivity contribution in [3.63, 3.8) is 0 Å². The Bertz CT molecular complexity index is 441. The molecule has 0 N–H and O–H groups in total. The first kappa shape index (κ1) is 23.2. The minimum Gasteiger partial charge on any atom is -0.318 e. The number of oxime groups is 1. The summed E-state index contributed by atoms with van der Waals surface area (Å²) in [5.41, 5.74) is 0. The van der Waals surface area contributed by atoms with Gasteiger partial charge in [-0.1, -0.05) is 5.16 Å². The molecule has 11 heteroatoms. The van der Waals surface area contributed by atoms with Crippen molar-refractivity contribution in [2.45, 2.75) is 40.7 Å². The molecular weight excluding hydrogens is 377 g/mol. The van der Waals surface area contributed by atoms with Gasteiger partial charge in [-0.3, -0.25) is 4.84 Å². The topological polar surface area (TPSA) is 63.6 Å². The molecule has 0 saturated carbocycles. The van der Waals surface area contributed by atoms with Gasteiger partial charge in [0.1, 0.15) is 5.04 Å². The van der Waals surface area contributed by atoms with E-state index in [1.165, 1.54) is 16.1 Å². The molecule has 7 nitrogen and oxygen atoms in total. The zero-order valence-corrected chi connectivity index (χ0v) is 18.0. The number of hydrogen-bond donors (Lipinski definition) is 0. The Hall–Kier alpha value is 0.170. The van der Waals surface area contributed by atoms with E-state index >= 15 is 0 Å². The van der Waals surface area contributed by atoms with Gasteiger partial charge in [0.2, 0.25) is 0 Å². The molecule has 0 aromatic heterocycles. The summed E-state index contributed by atoms with van der Waals surface area (Å²) in [5, 5.41) is 4.39. The van der Waals surface area contributed by atoms with Crippen LogP contribution in [0.15, 0.2) is 5.16 Å². The second-order valence-corrected chi connectivity index (χ2v) is 10.1. The molecule has 0 bridgehead atoms.